The third kappa shape index (κ3) is 10.2. The summed E-state index contributed by atoms with van der Waals surface area (Å²) in [5.74, 6) is 0. The van der Waals surface area contributed by atoms with Crippen LogP contribution in [0.4, 0.5) is 68.2 Å². The number of anilines is 12. The number of aromatic nitrogens is 2. The molecule has 0 saturated heterocycles. The van der Waals surface area contributed by atoms with Crippen molar-refractivity contribution in [2.75, 3.05) is 19.6 Å². The number of benzene rings is 12. The molecule has 80 heavy (non-hydrogen) atoms. The summed E-state index contributed by atoms with van der Waals surface area (Å²) >= 11 is 0. The second kappa shape index (κ2) is 22.4. The zero-order chi connectivity index (χ0) is 53.5. The van der Waals surface area contributed by atoms with Crippen LogP contribution in [0.1, 0.15) is 0 Å². The highest BCUT2D eigenvalue weighted by molar-refractivity contribution is 5.91. The third-order valence-electron chi connectivity index (χ3n) is 14.4. The number of para-hydroxylation sites is 6. The van der Waals surface area contributed by atoms with Crippen molar-refractivity contribution in [3.63, 3.8) is 0 Å². The fraction of sp³-hybridized carbons (Fsp3) is 0. The molecule has 0 N–H and O–H groups in total. The topological polar surface area (TPSA) is 38.7 Å². The van der Waals surface area contributed by atoms with Gasteiger partial charge in [0.05, 0.1) is 22.4 Å². The molecule has 1 heterocycles. The lowest BCUT2D eigenvalue weighted by atomic mass is 10.0. The number of hydrogen-bond acceptors (Lipinski definition) is 6. The second-order valence-corrected chi connectivity index (χ2v) is 19.5. The predicted molar refractivity (Wildman–Crippen MR) is 335 cm³/mol. The van der Waals surface area contributed by atoms with Gasteiger partial charge in [-0.1, -0.05) is 170 Å². The molecule has 0 aliphatic rings. The van der Waals surface area contributed by atoms with E-state index in [1.165, 1.54) is 0 Å². The molecule has 0 fully saturated rings. The fourth-order valence-corrected chi connectivity index (χ4v) is 10.6. The van der Waals surface area contributed by atoms with Crippen molar-refractivity contribution in [2.24, 2.45) is 0 Å². The summed E-state index contributed by atoms with van der Waals surface area (Å²) in [7, 11) is 0. The molecule has 0 amide bonds. The van der Waals surface area contributed by atoms with Gasteiger partial charge in [0.15, 0.2) is 0 Å². The second-order valence-electron chi connectivity index (χ2n) is 19.5. The van der Waals surface area contributed by atoms with Crippen LogP contribution in [0.2, 0.25) is 0 Å². The minimum absolute atomic E-state index is 0.802. The summed E-state index contributed by atoms with van der Waals surface area (Å²) in [6, 6.07) is 115. The van der Waals surface area contributed by atoms with Gasteiger partial charge in [-0.2, -0.15) is 0 Å². The van der Waals surface area contributed by atoms with Crippen molar-refractivity contribution in [1.29, 1.82) is 0 Å². The van der Waals surface area contributed by atoms with Crippen LogP contribution in [0.15, 0.2) is 328 Å². The minimum atomic E-state index is 0.802. The summed E-state index contributed by atoms with van der Waals surface area (Å²) in [6.07, 6.45) is 0. The first kappa shape index (κ1) is 48.8. The Labute approximate surface area is 467 Å². The van der Waals surface area contributed by atoms with Crippen LogP contribution in [-0.4, -0.2) is 9.97 Å². The molecule has 0 saturated carbocycles. The Hall–Kier alpha value is -10.8. The Bertz CT molecular complexity index is 4040. The Morgan fingerprint density at radius 1 is 0.163 bits per heavy atom. The van der Waals surface area contributed by atoms with Crippen molar-refractivity contribution >= 4 is 79.3 Å². The quantitative estimate of drug-likeness (QED) is 0.102. The molecule has 0 unspecified atom stereocenters. The maximum absolute atomic E-state index is 5.50. The highest BCUT2D eigenvalue weighted by Crippen LogP contribution is 2.43. The van der Waals surface area contributed by atoms with E-state index in [-0.39, 0.29) is 0 Å². The van der Waals surface area contributed by atoms with E-state index in [2.05, 4.69) is 341 Å². The molecule has 0 bridgehead atoms. The van der Waals surface area contributed by atoms with Gasteiger partial charge in [0.1, 0.15) is 0 Å². The standard InChI is InChI=1S/C74H54N6/c1-8-22-55(23-9-1)58-40-53-71-72(54-58)76-74(57-38-43-66(44-39-57)80(64-34-20-7-21-35-64)70-51-47-68(48-52-70)78(61-28-14-4-15-29-61)62-30-16-5-17-31-62)73(75-71)56-36-41-65(42-37-56)79(63-32-18-6-19-33-63)69-49-45-67(46-50-69)77(59-24-10-2-11-25-59)60-26-12-3-13-27-60/h1-54H. The van der Waals surface area contributed by atoms with E-state index in [1.54, 1.807) is 0 Å². The van der Waals surface area contributed by atoms with Gasteiger partial charge in [0.2, 0.25) is 0 Å². The first-order valence-electron chi connectivity index (χ1n) is 27.0. The zero-order valence-electron chi connectivity index (χ0n) is 43.9. The van der Waals surface area contributed by atoms with Gasteiger partial charge in [0.25, 0.3) is 0 Å². The van der Waals surface area contributed by atoms with Crippen LogP contribution in [0, 0.1) is 0 Å². The van der Waals surface area contributed by atoms with Gasteiger partial charge in [0, 0.05) is 79.4 Å². The lowest BCUT2D eigenvalue weighted by Gasteiger charge is -2.28. The number of nitrogens with zero attached hydrogens (tertiary/aromatic N) is 6. The van der Waals surface area contributed by atoms with E-state index in [0.717, 1.165) is 113 Å². The van der Waals surface area contributed by atoms with Crippen LogP contribution >= 0.6 is 0 Å². The molecular weight excluding hydrogens is 973 g/mol. The van der Waals surface area contributed by atoms with Gasteiger partial charge >= 0.3 is 0 Å². The summed E-state index contributed by atoms with van der Waals surface area (Å²) in [6.45, 7) is 0. The summed E-state index contributed by atoms with van der Waals surface area (Å²) < 4.78 is 0. The molecule has 12 aromatic carbocycles. The molecule has 6 nitrogen and oxygen atoms in total. The summed E-state index contributed by atoms with van der Waals surface area (Å²) in [5.41, 5.74) is 20.1. The molecule has 380 valence electrons. The molecule has 0 atom stereocenters. The van der Waals surface area contributed by atoms with E-state index in [4.69, 9.17) is 9.97 Å². The van der Waals surface area contributed by atoms with Gasteiger partial charge < -0.3 is 19.6 Å². The summed E-state index contributed by atoms with van der Waals surface area (Å²) in [5, 5.41) is 0. The van der Waals surface area contributed by atoms with Crippen molar-refractivity contribution in [3.05, 3.63) is 328 Å². The van der Waals surface area contributed by atoms with E-state index in [9.17, 15) is 0 Å². The van der Waals surface area contributed by atoms with E-state index in [0.29, 0.717) is 0 Å². The van der Waals surface area contributed by atoms with Gasteiger partial charge in [-0.05, 0) is 169 Å². The molecule has 0 radical (unpaired) electrons. The van der Waals surface area contributed by atoms with Crippen LogP contribution in [0.5, 0.6) is 0 Å². The molecule has 13 rings (SSSR count). The van der Waals surface area contributed by atoms with Gasteiger partial charge in [-0.15, -0.1) is 0 Å². The molecular formula is C74H54N6. The first-order valence-corrected chi connectivity index (χ1v) is 27.0. The van der Waals surface area contributed by atoms with Crippen LogP contribution in [0.3, 0.4) is 0 Å². The lowest BCUT2D eigenvalue weighted by Crippen LogP contribution is -2.12. The zero-order valence-corrected chi connectivity index (χ0v) is 43.9. The monoisotopic (exact) mass is 1030 g/mol. The highest BCUT2D eigenvalue weighted by Gasteiger charge is 2.21. The van der Waals surface area contributed by atoms with E-state index in [1.807, 2.05) is 6.07 Å². The Morgan fingerprint density at radius 2 is 0.375 bits per heavy atom. The average molecular weight is 1030 g/mol. The van der Waals surface area contributed by atoms with Crippen molar-refractivity contribution in [3.8, 4) is 33.6 Å². The number of fused-ring (bicyclic) bond motifs is 1. The molecule has 0 aliphatic carbocycles. The minimum Gasteiger partial charge on any atom is -0.311 e. The predicted octanol–water partition coefficient (Wildman–Crippen LogP) is 20.5. The smallest absolute Gasteiger partial charge is 0.0973 e. The Balaban J connectivity index is 0.870. The largest absolute Gasteiger partial charge is 0.311 e. The van der Waals surface area contributed by atoms with Crippen molar-refractivity contribution in [2.45, 2.75) is 0 Å². The highest BCUT2D eigenvalue weighted by atomic mass is 15.2. The van der Waals surface area contributed by atoms with Crippen LogP contribution in [-0.2, 0) is 0 Å². The number of hydrogen-bond donors (Lipinski definition) is 0. The normalized spacial score (nSPS) is 11.0. The SMILES string of the molecule is c1ccc(-c2ccc3nc(-c4ccc(N(c5ccccc5)c5ccc(N(c6ccccc6)c6ccccc6)cc5)cc4)c(-c4ccc(N(c5ccccc5)c5ccc(N(c6ccccc6)c6ccccc6)cc5)cc4)nc3c2)cc1. The Morgan fingerprint density at radius 3 is 0.650 bits per heavy atom. The van der Waals surface area contributed by atoms with Crippen molar-refractivity contribution < 1.29 is 0 Å². The Kier molecular flexibility index (Phi) is 13.7. The van der Waals surface area contributed by atoms with E-state index < -0.39 is 0 Å². The van der Waals surface area contributed by atoms with Crippen LogP contribution < -0.4 is 19.6 Å². The molecule has 0 spiro atoms. The first-order chi connectivity index (χ1) is 39.7. The average Bonchev–Trinajstić information content (AvgIpc) is 3.54. The third-order valence-corrected chi connectivity index (χ3v) is 14.4. The van der Waals surface area contributed by atoms with E-state index >= 15 is 0 Å². The molecule has 0 aliphatic heterocycles. The molecule has 13 aromatic rings. The lowest BCUT2D eigenvalue weighted by molar-refractivity contribution is 1.25. The van der Waals surface area contributed by atoms with Gasteiger partial charge in [-0.25, -0.2) is 9.97 Å². The molecule has 6 heteroatoms. The summed E-state index contributed by atoms with van der Waals surface area (Å²) in [4.78, 5) is 20.1. The van der Waals surface area contributed by atoms with Crippen molar-refractivity contribution in [1.82, 2.24) is 9.97 Å². The van der Waals surface area contributed by atoms with Gasteiger partial charge in [-0.3, -0.25) is 0 Å². The molecule has 1 aromatic heterocycles. The number of rotatable bonds is 15. The van der Waals surface area contributed by atoms with Crippen LogP contribution in [0.25, 0.3) is 44.7 Å². The fourth-order valence-electron chi connectivity index (χ4n) is 10.6. The maximum atomic E-state index is 5.50. The maximum Gasteiger partial charge on any atom is 0.0973 e.